The summed E-state index contributed by atoms with van der Waals surface area (Å²) in [6.45, 7) is 10.1. The summed E-state index contributed by atoms with van der Waals surface area (Å²) in [6.07, 6.45) is 0. The number of carbonyl (C=O) groups is 2. The molecule has 0 radical (unpaired) electrons. The fraction of sp³-hybridized carbons (Fsp3) is 0.333. The predicted molar refractivity (Wildman–Crippen MR) is 97.3 cm³/mol. The molecule has 27 heavy (non-hydrogen) atoms. The Hall–Kier alpha value is -2.25. The Kier molecular flexibility index (Phi) is 9.11. The Morgan fingerprint density at radius 2 is 1.41 bits per heavy atom. The van der Waals surface area contributed by atoms with Gasteiger partial charge in [0.1, 0.15) is 0 Å². The van der Waals surface area contributed by atoms with Gasteiger partial charge in [-0.1, -0.05) is 37.4 Å². The number of hydrogen-bond acceptors (Lipinski definition) is 8. The monoisotopic (exact) mass is 398 g/mol. The lowest BCUT2D eigenvalue weighted by Crippen LogP contribution is -2.12. The summed E-state index contributed by atoms with van der Waals surface area (Å²) in [5.74, 6) is -1.46. The molecule has 0 bridgehead atoms. The molecule has 0 aliphatic carbocycles. The molecule has 0 saturated carbocycles. The first-order valence-corrected chi connectivity index (χ1v) is 9.34. The molecule has 0 unspecified atom stereocenters. The Labute approximate surface area is 158 Å². The molecule has 0 saturated heterocycles. The molecule has 0 amide bonds. The lowest BCUT2D eigenvalue weighted by molar-refractivity contribution is -0.149. The third-order valence-electron chi connectivity index (χ3n) is 3.14. The predicted octanol–water partition coefficient (Wildman–Crippen LogP) is 3.81. The second-order valence-electron chi connectivity index (χ2n) is 5.57. The third-order valence-corrected chi connectivity index (χ3v) is 4.43. The van der Waals surface area contributed by atoms with Gasteiger partial charge in [0, 0.05) is 11.1 Å². The zero-order valence-corrected chi connectivity index (χ0v) is 16.5. The lowest BCUT2D eigenvalue weighted by Gasteiger charge is -2.18. The highest BCUT2D eigenvalue weighted by Crippen LogP contribution is 2.50. The molecule has 0 aliphatic heterocycles. The van der Waals surface area contributed by atoms with Gasteiger partial charge in [-0.2, -0.15) is 0 Å². The number of esters is 2. The van der Waals surface area contributed by atoms with Crippen molar-refractivity contribution in [3.05, 3.63) is 59.7 Å². The van der Waals surface area contributed by atoms with Crippen LogP contribution in [0.25, 0.3) is 0 Å². The fourth-order valence-corrected chi connectivity index (χ4v) is 2.45. The maximum Gasteiger partial charge on any atom is 0.480 e. The minimum Gasteiger partial charge on any atom is -0.435 e. The minimum absolute atomic E-state index is 0.0905. The standard InChI is InChI=1S/C18H23O8P/c1-13(2)17(19)22-11-25-27(21,26-12-23-18(20)14(3)4)24-10-16-9-7-6-8-15(16)5/h6-9H,1,3,10-12H2,2,4-5H3. The molecule has 0 spiro atoms. The van der Waals surface area contributed by atoms with Gasteiger partial charge >= 0.3 is 19.8 Å². The Morgan fingerprint density at radius 1 is 0.926 bits per heavy atom. The van der Waals surface area contributed by atoms with Crippen LogP contribution in [0.4, 0.5) is 0 Å². The molecular weight excluding hydrogens is 375 g/mol. The Bertz CT molecular complexity index is 719. The fourth-order valence-electron chi connectivity index (χ4n) is 1.57. The number of benzene rings is 1. The van der Waals surface area contributed by atoms with E-state index in [4.69, 9.17) is 23.0 Å². The number of hydrogen-bond donors (Lipinski definition) is 0. The minimum atomic E-state index is -4.19. The van der Waals surface area contributed by atoms with Gasteiger partial charge in [-0.15, -0.1) is 0 Å². The van der Waals surface area contributed by atoms with Crippen LogP contribution in [-0.2, 0) is 43.8 Å². The molecule has 0 fully saturated rings. The van der Waals surface area contributed by atoms with Crippen LogP contribution in [0, 0.1) is 6.92 Å². The normalized spacial score (nSPS) is 10.9. The first-order valence-electron chi connectivity index (χ1n) is 7.88. The largest absolute Gasteiger partial charge is 0.480 e. The van der Waals surface area contributed by atoms with E-state index in [0.29, 0.717) is 0 Å². The van der Waals surface area contributed by atoms with Crippen molar-refractivity contribution in [2.45, 2.75) is 27.4 Å². The van der Waals surface area contributed by atoms with E-state index in [9.17, 15) is 14.2 Å². The van der Waals surface area contributed by atoms with E-state index < -0.39 is 33.3 Å². The smallest absolute Gasteiger partial charge is 0.435 e. The van der Waals surface area contributed by atoms with Crippen LogP contribution in [0.15, 0.2) is 48.6 Å². The van der Waals surface area contributed by atoms with Crippen LogP contribution >= 0.6 is 7.82 Å². The molecule has 0 aliphatic rings. The van der Waals surface area contributed by atoms with Gasteiger partial charge in [-0.3, -0.25) is 4.52 Å². The number of aryl methyl sites for hydroxylation is 1. The SMILES string of the molecule is C=C(C)C(=O)OCOP(=O)(OCOC(=O)C(=C)C)OCc1ccccc1C. The van der Waals surface area contributed by atoms with Gasteiger partial charge in [0.2, 0.25) is 13.6 Å². The summed E-state index contributed by atoms with van der Waals surface area (Å²) in [5, 5.41) is 0. The zero-order valence-electron chi connectivity index (χ0n) is 15.6. The Morgan fingerprint density at radius 3 is 1.85 bits per heavy atom. The van der Waals surface area contributed by atoms with Crippen molar-refractivity contribution in [2.24, 2.45) is 0 Å². The maximum atomic E-state index is 12.7. The van der Waals surface area contributed by atoms with Crippen molar-refractivity contribution in [2.75, 3.05) is 13.6 Å². The molecule has 1 aromatic rings. The van der Waals surface area contributed by atoms with Crippen molar-refractivity contribution >= 4 is 19.8 Å². The summed E-state index contributed by atoms with van der Waals surface area (Å²) < 4.78 is 37.4. The highest BCUT2D eigenvalue weighted by molar-refractivity contribution is 7.48. The van der Waals surface area contributed by atoms with Crippen LogP contribution in [0.5, 0.6) is 0 Å². The summed E-state index contributed by atoms with van der Waals surface area (Å²) >= 11 is 0. The van der Waals surface area contributed by atoms with Crippen LogP contribution in [0.3, 0.4) is 0 Å². The third kappa shape index (κ3) is 8.32. The van der Waals surface area contributed by atoms with Crippen LogP contribution in [0.1, 0.15) is 25.0 Å². The van der Waals surface area contributed by atoms with E-state index in [1.54, 1.807) is 12.1 Å². The van der Waals surface area contributed by atoms with Crippen LogP contribution < -0.4 is 0 Å². The van der Waals surface area contributed by atoms with Gasteiger partial charge in [0.15, 0.2) is 0 Å². The van der Waals surface area contributed by atoms with E-state index in [0.717, 1.165) is 11.1 Å². The quantitative estimate of drug-likeness (QED) is 0.240. The molecule has 8 nitrogen and oxygen atoms in total. The number of carbonyl (C=O) groups excluding carboxylic acids is 2. The maximum absolute atomic E-state index is 12.7. The molecule has 0 atom stereocenters. The van der Waals surface area contributed by atoms with E-state index in [-0.39, 0.29) is 17.8 Å². The molecule has 148 valence electrons. The number of phosphoric acid groups is 1. The van der Waals surface area contributed by atoms with E-state index in [1.807, 2.05) is 19.1 Å². The second-order valence-corrected chi connectivity index (χ2v) is 7.23. The zero-order chi connectivity index (χ0) is 20.4. The highest BCUT2D eigenvalue weighted by atomic mass is 31.2. The first-order chi connectivity index (χ1) is 12.6. The van der Waals surface area contributed by atoms with Crippen molar-refractivity contribution in [3.63, 3.8) is 0 Å². The van der Waals surface area contributed by atoms with Crippen LogP contribution in [0.2, 0.25) is 0 Å². The molecule has 9 heteroatoms. The van der Waals surface area contributed by atoms with Gasteiger partial charge in [0.05, 0.1) is 6.61 Å². The highest BCUT2D eigenvalue weighted by Gasteiger charge is 2.29. The molecule has 1 rings (SSSR count). The lowest BCUT2D eigenvalue weighted by atomic mass is 10.1. The number of ether oxygens (including phenoxy) is 2. The van der Waals surface area contributed by atoms with E-state index >= 15 is 0 Å². The van der Waals surface area contributed by atoms with Gasteiger partial charge in [0.25, 0.3) is 0 Å². The molecule has 0 heterocycles. The van der Waals surface area contributed by atoms with E-state index in [2.05, 4.69) is 13.2 Å². The van der Waals surface area contributed by atoms with Gasteiger partial charge in [-0.25, -0.2) is 23.2 Å². The van der Waals surface area contributed by atoms with Gasteiger partial charge in [-0.05, 0) is 31.9 Å². The molecule has 0 aromatic heterocycles. The van der Waals surface area contributed by atoms with Crippen LogP contribution in [-0.4, -0.2) is 25.5 Å². The van der Waals surface area contributed by atoms with Gasteiger partial charge < -0.3 is 9.47 Å². The van der Waals surface area contributed by atoms with Crippen molar-refractivity contribution < 1.29 is 37.2 Å². The topological polar surface area (TPSA) is 97.4 Å². The average molecular weight is 398 g/mol. The first kappa shape index (κ1) is 22.8. The van der Waals surface area contributed by atoms with E-state index in [1.165, 1.54) is 13.8 Å². The average Bonchev–Trinajstić information content (AvgIpc) is 2.60. The summed E-state index contributed by atoms with van der Waals surface area (Å²) in [6, 6.07) is 7.28. The molecule has 1 aromatic carbocycles. The molecule has 0 N–H and O–H groups in total. The van der Waals surface area contributed by atoms with Crippen molar-refractivity contribution in [1.82, 2.24) is 0 Å². The summed E-state index contributed by atoms with van der Waals surface area (Å²) in [7, 11) is -4.19. The van der Waals surface area contributed by atoms with Crippen molar-refractivity contribution in [1.29, 1.82) is 0 Å². The summed E-state index contributed by atoms with van der Waals surface area (Å²) in [4.78, 5) is 22.8. The number of phosphoric ester groups is 1. The number of rotatable bonds is 11. The molecular formula is C18H23O8P. The summed E-state index contributed by atoms with van der Waals surface area (Å²) in [5.41, 5.74) is 1.95. The second kappa shape index (κ2) is 10.8. The van der Waals surface area contributed by atoms with Crippen molar-refractivity contribution in [3.8, 4) is 0 Å². The Balaban J connectivity index is 2.71.